The first-order valence-corrected chi connectivity index (χ1v) is 11.7. The van der Waals surface area contributed by atoms with E-state index in [1.807, 2.05) is 12.1 Å². The van der Waals surface area contributed by atoms with Crippen LogP contribution in [-0.2, 0) is 25.0 Å². The second kappa shape index (κ2) is 13.9. The van der Waals surface area contributed by atoms with Crippen LogP contribution in [-0.4, -0.2) is 116 Å². The largest absolute Gasteiger partial charge is 0.480 e. The van der Waals surface area contributed by atoms with Gasteiger partial charge in [0.1, 0.15) is 11.3 Å². The number of nitrogens with one attached hydrogen (secondary N) is 2. The molecule has 2 aromatic rings. The number of nitrogens with zero attached hydrogens (tertiary/aromatic N) is 4. The average Bonchev–Trinajstić information content (AvgIpc) is 3.24. The third kappa shape index (κ3) is 9.60. The number of benzene rings is 1. The zero-order chi connectivity index (χ0) is 27.6. The minimum atomic E-state index is -1.23. The first-order valence-electron chi connectivity index (χ1n) is 10.9. The van der Waals surface area contributed by atoms with Crippen LogP contribution in [0.5, 0.6) is 0 Å². The number of aromatic nitrogens is 2. The minimum Gasteiger partial charge on any atom is -0.480 e. The van der Waals surface area contributed by atoms with E-state index in [2.05, 4.69) is 36.5 Å². The van der Waals surface area contributed by atoms with E-state index in [1.54, 1.807) is 12.4 Å². The Morgan fingerprint density at radius 1 is 0.838 bits per heavy atom. The second-order valence-electron chi connectivity index (χ2n) is 8.01. The highest BCUT2D eigenvalue weighted by molar-refractivity contribution is 9.10. The topological polar surface area (TPSA) is 232 Å². The Morgan fingerprint density at radius 3 is 1.70 bits per heavy atom. The van der Waals surface area contributed by atoms with Crippen molar-refractivity contribution in [2.24, 2.45) is 5.73 Å². The SMILES string of the molecule is NC1(c2ccc3nccnc3c2Br)NCCN1.O=C(O)CN(CCN(CC(=O)O)CC(=O)O)CC(=O)O. The molecule has 3 rings (SSSR count). The summed E-state index contributed by atoms with van der Waals surface area (Å²) in [5.74, 6) is -5.60. The molecule has 0 unspecified atom stereocenters. The molecule has 202 valence electrons. The van der Waals surface area contributed by atoms with Crippen molar-refractivity contribution < 1.29 is 39.6 Å². The van der Waals surface area contributed by atoms with Crippen molar-refractivity contribution in [3.8, 4) is 0 Å². The smallest absolute Gasteiger partial charge is 0.317 e. The summed E-state index contributed by atoms with van der Waals surface area (Å²) in [7, 11) is 0. The van der Waals surface area contributed by atoms with Crippen molar-refractivity contribution in [2.45, 2.75) is 5.79 Å². The zero-order valence-electron chi connectivity index (χ0n) is 19.6. The van der Waals surface area contributed by atoms with Gasteiger partial charge in [-0.15, -0.1) is 0 Å². The molecule has 15 nitrogen and oxygen atoms in total. The van der Waals surface area contributed by atoms with E-state index in [-0.39, 0.29) is 13.1 Å². The summed E-state index contributed by atoms with van der Waals surface area (Å²) >= 11 is 3.56. The Morgan fingerprint density at radius 2 is 1.27 bits per heavy atom. The molecule has 1 saturated heterocycles. The lowest BCUT2D eigenvalue weighted by Gasteiger charge is -2.26. The average molecular weight is 586 g/mol. The van der Waals surface area contributed by atoms with E-state index in [9.17, 15) is 19.2 Å². The predicted molar refractivity (Wildman–Crippen MR) is 133 cm³/mol. The third-order valence-corrected chi connectivity index (χ3v) is 5.91. The fourth-order valence-electron chi connectivity index (χ4n) is 3.56. The molecule has 8 N–H and O–H groups in total. The lowest BCUT2D eigenvalue weighted by atomic mass is 10.1. The van der Waals surface area contributed by atoms with Gasteiger partial charge in [0.05, 0.1) is 36.2 Å². The van der Waals surface area contributed by atoms with Crippen molar-refractivity contribution in [3.05, 3.63) is 34.6 Å². The highest BCUT2D eigenvalue weighted by Crippen LogP contribution is 2.30. The van der Waals surface area contributed by atoms with E-state index < -0.39 is 55.8 Å². The highest BCUT2D eigenvalue weighted by atomic mass is 79.9. The van der Waals surface area contributed by atoms with Gasteiger partial charge in [0.25, 0.3) is 0 Å². The summed E-state index contributed by atoms with van der Waals surface area (Å²) in [6.07, 6.45) is 3.36. The lowest BCUT2D eigenvalue weighted by Crippen LogP contribution is -2.54. The van der Waals surface area contributed by atoms with Gasteiger partial charge in [-0.2, -0.15) is 0 Å². The summed E-state index contributed by atoms with van der Waals surface area (Å²) in [4.78, 5) is 52.9. The van der Waals surface area contributed by atoms with E-state index >= 15 is 0 Å². The van der Waals surface area contributed by atoms with Crippen molar-refractivity contribution in [2.75, 3.05) is 52.4 Å². The summed E-state index contributed by atoms with van der Waals surface area (Å²) < 4.78 is 0.882. The number of hydrogen-bond donors (Lipinski definition) is 7. The number of carbonyl (C=O) groups is 4. The molecule has 16 heteroatoms. The van der Waals surface area contributed by atoms with E-state index in [0.717, 1.165) is 44.0 Å². The molecule has 0 amide bonds. The standard InChI is InChI=1S/C11H12BrN5.C10H16N2O8/c12-9-7(11(13)16-5-6-17-11)1-2-8-10(9)15-4-3-14-8;13-7(14)3-11(4-8(15)16)1-2-12(5-9(17)18)6-10(19)20/h1-4,16-17H,5-6,13H2;1-6H2,(H,13,14)(H,15,16)(H,17,18)(H,19,20). The van der Waals surface area contributed by atoms with Crippen LogP contribution in [0, 0.1) is 0 Å². The highest BCUT2D eigenvalue weighted by Gasteiger charge is 2.32. The van der Waals surface area contributed by atoms with E-state index in [0.29, 0.717) is 0 Å². The molecule has 0 saturated carbocycles. The van der Waals surface area contributed by atoms with Crippen LogP contribution < -0.4 is 16.4 Å². The Balaban J connectivity index is 0.000000262. The number of halogens is 1. The van der Waals surface area contributed by atoms with Crippen LogP contribution in [0.15, 0.2) is 29.0 Å². The quantitative estimate of drug-likeness (QED) is 0.151. The van der Waals surface area contributed by atoms with Gasteiger partial charge < -0.3 is 20.4 Å². The number of nitrogens with two attached hydrogens (primary N) is 1. The molecule has 1 aliphatic rings. The minimum absolute atomic E-state index is 0.0703. The van der Waals surface area contributed by atoms with Crippen LogP contribution in [0.3, 0.4) is 0 Å². The second-order valence-corrected chi connectivity index (χ2v) is 8.80. The molecule has 1 aromatic carbocycles. The normalized spacial score (nSPS) is 14.4. The number of rotatable bonds is 12. The van der Waals surface area contributed by atoms with Crippen LogP contribution in [0.1, 0.15) is 5.56 Å². The fraction of sp³-hybridized carbons (Fsp3) is 0.429. The van der Waals surface area contributed by atoms with E-state index in [1.165, 1.54) is 0 Å². The lowest BCUT2D eigenvalue weighted by molar-refractivity contribution is -0.145. The van der Waals surface area contributed by atoms with Crippen LogP contribution >= 0.6 is 15.9 Å². The molecule has 1 aliphatic heterocycles. The molecule has 0 bridgehead atoms. The number of aliphatic carboxylic acids is 4. The predicted octanol–water partition coefficient (Wildman–Crippen LogP) is -1.42. The Kier molecular flexibility index (Phi) is 11.2. The van der Waals surface area contributed by atoms with Crippen LogP contribution in [0.4, 0.5) is 0 Å². The van der Waals surface area contributed by atoms with Crippen LogP contribution in [0.25, 0.3) is 11.0 Å². The molecule has 2 heterocycles. The van der Waals surface area contributed by atoms with Crippen molar-refractivity contribution >= 4 is 50.8 Å². The maximum atomic E-state index is 10.6. The molecule has 37 heavy (non-hydrogen) atoms. The van der Waals surface area contributed by atoms with Gasteiger partial charge in [0.15, 0.2) is 0 Å². The summed E-state index contributed by atoms with van der Waals surface area (Å²) in [5.41, 5.74) is 8.90. The van der Waals surface area contributed by atoms with Gasteiger partial charge in [-0.05, 0) is 22.0 Å². The Bertz CT molecular complexity index is 1060. The maximum Gasteiger partial charge on any atom is 0.317 e. The van der Waals surface area contributed by atoms with Gasteiger partial charge in [-0.25, -0.2) is 0 Å². The van der Waals surface area contributed by atoms with Gasteiger partial charge in [0, 0.05) is 44.1 Å². The first kappa shape index (κ1) is 29.9. The van der Waals surface area contributed by atoms with Crippen molar-refractivity contribution in [3.63, 3.8) is 0 Å². The molecular weight excluding hydrogens is 558 g/mol. The Labute approximate surface area is 219 Å². The number of carboxylic acid groups (broad SMARTS) is 4. The fourth-order valence-corrected chi connectivity index (χ4v) is 4.31. The summed E-state index contributed by atoms with van der Waals surface area (Å²) in [5, 5.41) is 41.0. The van der Waals surface area contributed by atoms with Gasteiger partial charge in [-0.1, -0.05) is 6.07 Å². The first-order chi connectivity index (χ1) is 17.4. The van der Waals surface area contributed by atoms with Gasteiger partial charge >= 0.3 is 23.9 Å². The Hall–Kier alpha value is -3.28. The zero-order valence-corrected chi connectivity index (χ0v) is 21.2. The maximum absolute atomic E-state index is 10.6. The number of fused-ring (bicyclic) bond motifs is 1. The number of carboxylic acids is 4. The number of hydrogen-bond acceptors (Lipinski definition) is 11. The molecule has 0 atom stereocenters. The monoisotopic (exact) mass is 585 g/mol. The van der Waals surface area contributed by atoms with Crippen molar-refractivity contribution in [1.29, 1.82) is 0 Å². The molecule has 0 radical (unpaired) electrons. The summed E-state index contributed by atoms with van der Waals surface area (Å²) in [6, 6.07) is 3.89. The molecule has 0 aliphatic carbocycles. The van der Waals surface area contributed by atoms with Gasteiger partial charge in [-0.3, -0.25) is 55.3 Å². The molecule has 1 aromatic heterocycles. The van der Waals surface area contributed by atoms with Gasteiger partial charge in [0.2, 0.25) is 0 Å². The molecular formula is C21H28BrN7O8. The van der Waals surface area contributed by atoms with E-state index in [4.69, 9.17) is 26.2 Å². The van der Waals surface area contributed by atoms with Crippen LogP contribution in [0.2, 0.25) is 0 Å². The molecule has 0 spiro atoms. The summed E-state index contributed by atoms with van der Waals surface area (Å²) in [6.45, 7) is -0.553. The molecule has 1 fully saturated rings. The van der Waals surface area contributed by atoms with Crippen molar-refractivity contribution in [1.82, 2.24) is 30.4 Å². The third-order valence-electron chi connectivity index (χ3n) is 5.10.